The fourth-order valence-electron chi connectivity index (χ4n) is 11.0. The van der Waals surface area contributed by atoms with Gasteiger partial charge in [-0.2, -0.15) is 0 Å². The second-order valence-electron chi connectivity index (χ2n) is 17.5. The van der Waals surface area contributed by atoms with Gasteiger partial charge in [0, 0.05) is 50.4 Å². The third kappa shape index (κ3) is 5.07. The molecule has 2 aliphatic rings. The van der Waals surface area contributed by atoms with Crippen LogP contribution in [0.25, 0.3) is 77.0 Å². The number of para-hydroxylation sites is 2. The van der Waals surface area contributed by atoms with E-state index in [0.717, 1.165) is 25.8 Å². The van der Waals surface area contributed by atoms with E-state index >= 15 is 0 Å². The number of hydrogen-bond donors (Lipinski definition) is 0. The Morgan fingerprint density at radius 1 is 0.600 bits per heavy atom. The van der Waals surface area contributed by atoms with Crippen molar-refractivity contribution in [2.75, 3.05) is 11.4 Å². The third-order valence-corrected chi connectivity index (χ3v) is 13.8. The predicted molar refractivity (Wildman–Crippen MR) is 255 cm³/mol. The molecule has 60 heavy (non-hydrogen) atoms. The van der Waals surface area contributed by atoms with Crippen molar-refractivity contribution in [1.82, 2.24) is 4.40 Å². The minimum absolute atomic E-state index is 0.0683. The zero-order valence-corrected chi connectivity index (χ0v) is 34.5. The molecule has 0 spiro atoms. The predicted octanol–water partition coefficient (Wildman–Crippen LogP) is 15.4. The highest BCUT2D eigenvalue weighted by molar-refractivity contribution is 6.25. The van der Waals surface area contributed by atoms with E-state index < -0.39 is 0 Å². The van der Waals surface area contributed by atoms with E-state index in [4.69, 9.17) is 0 Å². The topological polar surface area (TPSA) is 7.65 Å². The highest BCUT2D eigenvalue weighted by Gasteiger charge is 2.37. The summed E-state index contributed by atoms with van der Waals surface area (Å²) in [5.41, 5.74) is 22.6. The lowest BCUT2D eigenvalue weighted by molar-refractivity contribution is 0.660. The van der Waals surface area contributed by atoms with Crippen LogP contribution in [0.5, 0.6) is 0 Å². The third-order valence-electron chi connectivity index (χ3n) is 13.8. The van der Waals surface area contributed by atoms with Gasteiger partial charge in [0.15, 0.2) is 0 Å². The first kappa shape index (κ1) is 35.1. The lowest BCUT2D eigenvalue weighted by atomic mass is 9.82. The summed E-state index contributed by atoms with van der Waals surface area (Å²) >= 11 is 0. The molecule has 0 unspecified atom stereocenters. The van der Waals surface area contributed by atoms with E-state index in [-0.39, 0.29) is 5.41 Å². The average Bonchev–Trinajstić information content (AvgIpc) is 4.01. The van der Waals surface area contributed by atoms with Crippen LogP contribution in [-0.2, 0) is 11.8 Å². The van der Waals surface area contributed by atoms with Crippen molar-refractivity contribution >= 4 is 55.0 Å². The van der Waals surface area contributed by atoms with Gasteiger partial charge in [0.2, 0.25) is 0 Å². The molecule has 2 aromatic heterocycles. The molecule has 0 saturated carbocycles. The molecule has 2 heterocycles. The minimum atomic E-state index is -0.0683. The standard InChI is InChI=1S/C58H46N2/c1-4-15-37(38-16-6-5-7-17-38)32-33-59(53-26-14-24-51-56(53)48-19-8-10-23-50(48)58(51,2)3)42-29-31-44-41(36-42)35-40-34-39(28-30-43(40)44)45-20-13-27-54-55(45)49-22-12-21-47-46-18-9-11-25-52(46)60(54)57(47)49/h5-14,16-32,34,36H,4,15,33,35H2,1-3H3/b37-32+. The molecule has 0 radical (unpaired) electrons. The molecule has 2 aliphatic carbocycles. The average molecular weight is 771 g/mol. The molecular formula is C58H46N2. The molecule has 2 heteroatoms. The van der Waals surface area contributed by atoms with Crippen LogP contribution in [0.15, 0.2) is 176 Å². The summed E-state index contributed by atoms with van der Waals surface area (Å²) in [6.07, 6.45) is 5.55. The molecule has 12 rings (SSSR count). The molecule has 0 bridgehead atoms. The monoisotopic (exact) mass is 770 g/mol. The second-order valence-corrected chi connectivity index (χ2v) is 17.5. The first-order valence-corrected chi connectivity index (χ1v) is 21.7. The zero-order valence-electron chi connectivity index (χ0n) is 34.5. The first-order valence-electron chi connectivity index (χ1n) is 21.7. The van der Waals surface area contributed by atoms with Crippen molar-refractivity contribution in [2.24, 2.45) is 0 Å². The maximum absolute atomic E-state index is 2.58. The van der Waals surface area contributed by atoms with Crippen LogP contribution in [0.4, 0.5) is 11.4 Å². The van der Waals surface area contributed by atoms with Crippen LogP contribution in [0, 0.1) is 0 Å². The summed E-state index contributed by atoms with van der Waals surface area (Å²) in [5, 5.41) is 5.30. The van der Waals surface area contributed by atoms with Crippen LogP contribution in [-0.4, -0.2) is 10.9 Å². The van der Waals surface area contributed by atoms with Crippen LogP contribution in [0.3, 0.4) is 0 Å². The summed E-state index contributed by atoms with van der Waals surface area (Å²) in [4.78, 5) is 2.58. The number of benzene rings is 8. The van der Waals surface area contributed by atoms with E-state index in [1.807, 2.05) is 0 Å². The Bertz CT molecular complexity index is 3360. The van der Waals surface area contributed by atoms with Crippen molar-refractivity contribution in [3.63, 3.8) is 0 Å². The van der Waals surface area contributed by atoms with Crippen molar-refractivity contribution in [1.29, 1.82) is 0 Å². The van der Waals surface area contributed by atoms with E-state index in [1.54, 1.807) is 0 Å². The van der Waals surface area contributed by atoms with E-state index in [1.165, 1.54) is 116 Å². The Kier molecular flexibility index (Phi) is 7.78. The van der Waals surface area contributed by atoms with Crippen molar-refractivity contribution in [3.05, 3.63) is 204 Å². The van der Waals surface area contributed by atoms with Crippen LogP contribution in [0.1, 0.15) is 61.4 Å². The van der Waals surface area contributed by atoms with Gasteiger partial charge in [-0.05, 0) is 104 Å². The first-order chi connectivity index (χ1) is 29.5. The largest absolute Gasteiger partial charge is 0.337 e. The Morgan fingerprint density at radius 3 is 2.17 bits per heavy atom. The number of fused-ring (bicyclic) bond motifs is 12. The maximum Gasteiger partial charge on any atom is 0.0620 e. The molecule has 2 nitrogen and oxygen atoms in total. The van der Waals surface area contributed by atoms with E-state index in [9.17, 15) is 0 Å². The fourth-order valence-corrected chi connectivity index (χ4v) is 11.0. The molecule has 288 valence electrons. The lowest BCUT2D eigenvalue weighted by Gasteiger charge is -2.28. The quantitative estimate of drug-likeness (QED) is 0.149. The molecule has 0 aliphatic heterocycles. The summed E-state index contributed by atoms with van der Waals surface area (Å²) in [6, 6.07) is 63.9. The van der Waals surface area contributed by atoms with Crippen LogP contribution < -0.4 is 4.90 Å². The van der Waals surface area contributed by atoms with Gasteiger partial charge in [-0.1, -0.05) is 173 Å². The summed E-state index contributed by atoms with van der Waals surface area (Å²) in [5.74, 6) is 0. The van der Waals surface area contributed by atoms with Gasteiger partial charge in [-0.25, -0.2) is 0 Å². The molecule has 0 amide bonds. The van der Waals surface area contributed by atoms with Crippen molar-refractivity contribution in [3.8, 4) is 33.4 Å². The van der Waals surface area contributed by atoms with Gasteiger partial charge >= 0.3 is 0 Å². The number of aromatic nitrogens is 1. The van der Waals surface area contributed by atoms with Gasteiger partial charge in [-0.3, -0.25) is 0 Å². The number of nitrogens with zero attached hydrogens (tertiary/aromatic N) is 2. The smallest absolute Gasteiger partial charge is 0.0620 e. The fraction of sp³-hybridized carbons (Fsp3) is 0.138. The Hall–Kier alpha value is -6.90. The molecule has 8 aromatic carbocycles. The summed E-state index contributed by atoms with van der Waals surface area (Å²) in [6.45, 7) is 7.82. The molecule has 10 aromatic rings. The normalized spacial score (nSPS) is 13.9. The molecule has 0 saturated heterocycles. The second kappa shape index (κ2) is 13.3. The highest BCUT2D eigenvalue weighted by Crippen LogP contribution is 2.53. The number of anilines is 2. The zero-order chi connectivity index (χ0) is 40.1. The van der Waals surface area contributed by atoms with Gasteiger partial charge < -0.3 is 9.30 Å². The van der Waals surface area contributed by atoms with Gasteiger partial charge in [0.25, 0.3) is 0 Å². The van der Waals surface area contributed by atoms with Crippen LogP contribution in [0.2, 0.25) is 0 Å². The van der Waals surface area contributed by atoms with E-state index in [2.05, 4.69) is 206 Å². The van der Waals surface area contributed by atoms with Crippen LogP contribution >= 0.6 is 0 Å². The Morgan fingerprint density at radius 2 is 1.28 bits per heavy atom. The van der Waals surface area contributed by atoms with Gasteiger partial charge in [-0.15, -0.1) is 0 Å². The summed E-state index contributed by atoms with van der Waals surface area (Å²) < 4.78 is 2.48. The Balaban J connectivity index is 0.965. The van der Waals surface area contributed by atoms with Gasteiger partial charge in [0.1, 0.15) is 0 Å². The number of allylic oxidation sites excluding steroid dienone is 1. The SMILES string of the molecule is CCC/C(=C\CN(c1ccc2c(c1)Cc1cc(-c3cccc4c3c3cccc5c6ccccc6n4c53)ccc1-2)c1cccc2c1-c1ccccc1C2(C)C)c1ccccc1. The number of hydrogen-bond acceptors (Lipinski definition) is 1. The number of rotatable bonds is 8. The molecule has 0 N–H and O–H groups in total. The summed E-state index contributed by atoms with van der Waals surface area (Å²) in [7, 11) is 0. The van der Waals surface area contributed by atoms with Crippen molar-refractivity contribution < 1.29 is 0 Å². The highest BCUT2D eigenvalue weighted by atomic mass is 15.1. The Labute approximate surface area is 352 Å². The molecule has 0 fully saturated rings. The molecular weight excluding hydrogens is 725 g/mol. The minimum Gasteiger partial charge on any atom is -0.337 e. The lowest BCUT2D eigenvalue weighted by Crippen LogP contribution is -2.19. The van der Waals surface area contributed by atoms with Crippen molar-refractivity contribution in [2.45, 2.75) is 45.4 Å². The molecule has 0 atom stereocenters. The van der Waals surface area contributed by atoms with E-state index in [0.29, 0.717) is 0 Å². The van der Waals surface area contributed by atoms with Gasteiger partial charge in [0.05, 0.1) is 16.6 Å². The maximum atomic E-state index is 2.58.